The van der Waals surface area contributed by atoms with Crippen molar-refractivity contribution < 1.29 is 28.6 Å². The first-order valence-corrected chi connectivity index (χ1v) is 8.17. The van der Waals surface area contributed by atoms with Gasteiger partial charge in [0, 0.05) is 5.56 Å². The van der Waals surface area contributed by atoms with E-state index in [9.17, 15) is 9.90 Å². The second kappa shape index (κ2) is 7.61. The summed E-state index contributed by atoms with van der Waals surface area (Å²) >= 11 is 0. The van der Waals surface area contributed by atoms with Crippen LogP contribution in [0.15, 0.2) is 16.7 Å². The number of aliphatic carboxylic acids is 1. The minimum absolute atomic E-state index is 0.300. The zero-order valence-corrected chi connectivity index (χ0v) is 14.9. The lowest BCUT2D eigenvalue weighted by molar-refractivity contribution is -0.142. The number of likely N-dealkylation sites (tertiary alicyclic amines) is 1. The molecule has 0 amide bonds. The number of aromatic nitrogens is 2. The van der Waals surface area contributed by atoms with Crippen LogP contribution in [-0.2, 0) is 11.3 Å². The van der Waals surface area contributed by atoms with Crippen molar-refractivity contribution in [3.05, 3.63) is 18.0 Å². The van der Waals surface area contributed by atoms with Gasteiger partial charge < -0.3 is 23.8 Å². The van der Waals surface area contributed by atoms with E-state index in [4.69, 9.17) is 18.7 Å². The molecule has 0 spiro atoms. The number of carbonyl (C=O) groups is 1. The van der Waals surface area contributed by atoms with Crippen molar-refractivity contribution >= 4 is 5.97 Å². The smallest absolute Gasteiger partial charge is 0.320 e. The standard InChI is InChI=1S/C17H21N3O6/c1-23-12-7-10(8-13(24-2)15(12)25-3)16-18-14(26-19-16)9-20-6-4-5-11(20)17(21)22/h7-8,11H,4-6,9H2,1-3H3,(H,21,22)/t11-/m0/s1. The maximum absolute atomic E-state index is 11.3. The predicted molar refractivity (Wildman–Crippen MR) is 90.5 cm³/mol. The first-order valence-electron chi connectivity index (χ1n) is 8.17. The van der Waals surface area contributed by atoms with E-state index in [2.05, 4.69) is 10.1 Å². The Morgan fingerprint density at radius 3 is 2.54 bits per heavy atom. The summed E-state index contributed by atoms with van der Waals surface area (Å²) in [6.07, 6.45) is 1.47. The van der Waals surface area contributed by atoms with E-state index in [-0.39, 0.29) is 0 Å². The Labute approximate surface area is 150 Å². The van der Waals surface area contributed by atoms with Gasteiger partial charge in [-0.3, -0.25) is 9.69 Å². The highest BCUT2D eigenvalue weighted by atomic mass is 16.5. The Bertz CT molecular complexity index is 766. The number of benzene rings is 1. The molecule has 3 rings (SSSR count). The molecule has 2 aromatic rings. The van der Waals surface area contributed by atoms with E-state index in [0.29, 0.717) is 54.0 Å². The molecule has 0 unspecified atom stereocenters. The Morgan fingerprint density at radius 2 is 1.96 bits per heavy atom. The first kappa shape index (κ1) is 18.0. The third-order valence-electron chi connectivity index (χ3n) is 4.38. The topological polar surface area (TPSA) is 107 Å². The average Bonchev–Trinajstić information content (AvgIpc) is 3.30. The number of hydrogen-bond donors (Lipinski definition) is 1. The van der Waals surface area contributed by atoms with Crippen LogP contribution in [0.5, 0.6) is 17.2 Å². The van der Waals surface area contributed by atoms with Crippen LogP contribution in [0.2, 0.25) is 0 Å². The van der Waals surface area contributed by atoms with E-state index >= 15 is 0 Å². The molecule has 0 bridgehead atoms. The van der Waals surface area contributed by atoms with Gasteiger partial charge in [-0.15, -0.1) is 0 Å². The van der Waals surface area contributed by atoms with E-state index in [1.807, 2.05) is 4.90 Å². The van der Waals surface area contributed by atoms with Crippen LogP contribution in [0.25, 0.3) is 11.4 Å². The van der Waals surface area contributed by atoms with Gasteiger partial charge in [0.05, 0.1) is 27.9 Å². The number of carboxylic acid groups (broad SMARTS) is 1. The van der Waals surface area contributed by atoms with Crippen LogP contribution in [0.1, 0.15) is 18.7 Å². The number of carboxylic acids is 1. The highest BCUT2D eigenvalue weighted by Gasteiger charge is 2.31. The lowest BCUT2D eigenvalue weighted by atomic mass is 10.1. The average molecular weight is 363 g/mol. The van der Waals surface area contributed by atoms with E-state index in [0.717, 1.165) is 6.42 Å². The van der Waals surface area contributed by atoms with Gasteiger partial charge in [0.2, 0.25) is 17.5 Å². The fraction of sp³-hybridized carbons (Fsp3) is 0.471. The van der Waals surface area contributed by atoms with Gasteiger partial charge in [-0.25, -0.2) is 0 Å². The summed E-state index contributed by atoms with van der Waals surface area (Å²) in [6.45, 7) is 0.993. The van der Waals surface area contributed by atoms with Gasteiger partial charge in [0.1, 0.15) is 6.04 Å². The van der Waals surface area contributed by atoms with Crippen LogP contribution in [-0.4, -0.2) is 60.0 Å². The van der Waals surface area contributed by atoms with Gasteiger partial charge >= 0.3 is 5.97 Å². The molecule has 1 fully saturated rings. The molecule has 1 aromatic carbocycles. The van der Waals surface area contributed by atoms with Gasteiger partial charge in [0.15, 0.2) is 11.5 Å². The molecule has 2 heterocycles. The minimum atomic E-state index is -0.827. The van der Waals surface area contributed by atoms with Crippen molar-refractivity contribution in [2.24, 2.45) is 0 Å². The molecule has 0 aliphatic carbocycles. The second-order valence-corrected chi connectivity index (χ2v) is 5.89. The Balaban J connectivity index is 1.84. The van der Waals surface area contributed by atoms with Crippen molar-refractivity contribution in [2.75, 3.05) is 27.9 Å². The van der Waals surface area contributed by atoms with Crippen LogP contribution in [0.3, 0.4) is 0 Å². The molecule has 1 aromatic heterocycles. The normalized spacial score (nSPS) is 17.3. The lowest BCUT2D eigenvalue weighted by Crippen LogP contribution is -2.35. The van der Waals surface area contributed by atoms with Gasteiger partial charge in [0.25, 0.3) is 0 Å². The molecular weight excluding hydrogens is 342 g/mol. The quantitative estimate of drug-likeness (QED) is 0.788. The van der Waals surface area contributed by atoms with Crippen LogP contribution < -0.4 is 14.2 Å². The SMILES string of the molecule is COc1cc(-c2noc(CN3CCC[C@H]3C(=O)O)n2)cc(OC)c1OC. The first-order chi connectivity index (χ1) is 12.6. The fourth-order valence-corrected chi connectivity index (χ4v) is 3.12. The van der Waals surface area contributed by atoms with Gasteiger partial charge in [-0.2, -0.15) is 4.98 Å². The fourth-order valence-electron chi connectivity index (χ4n) is 3.12. The number of rotatable bonds is 7. The third-order valence-corrected chi connectivity index (χ3v) is 4.38. The number of nitrogens with zero attached hydrogens (tertiary/aromatic N) is 3. The molecular formula is C17H21N3O6. The van der Waals surface area contributed by atoms with Crippen molar-refractivity contribution in [3.63, 3.8) is 0 Å². The molecule has 0 radical (unpaired) electrons. The second-order valence-electron chi connectivity index (χ2n) is 5.89. The van der Waals surface area contributed by atoms with Crippen molar-refractivity contribution in [3.8, 4) is 28.6 Å². The summed E-state index contributed by atoms with van der Waals surface area (Å²) < 4.78 is 21.3. The van der Waals surface area contributed by atoms with Crippen molar-refractivity contribution in [1.82, 2.24) is 15.0 Å². The van der Waals surface area contributed by atoms with Gasteiger partial charge in [-0.1, -0.05) is 5.16 Å². The minimum Gasteiger partial charge on any atom is -0.493 e. The van der Waals surface area contributed by atoms with Crippen LogP contribution in [0.4, 0.5) is 0 Å². The third kappa shape index (κ3) is 3.43. The number of hydrogen-bond acceptors (Lipinski definition) is 8. The predicted octanol–water partition coefficient (Wildman–Crippen LogP) is 1.81. The van der Waals surface area contributed by atoms with Crippen LogP contribution >= 0.6 is 0 Å². The summed E-state index contributed by atoms with van der Waals surface area (Å²) in [5.41, 5.74) is 0.644. The van der Waals surface area contributed by atoms with E-state index in [1.54, 1.807) is 12.1 Å². The Morgan fingerprint density at radius 1 is 1.27 bits per heavy atom. The van der Waals surface area contributed by atoms with E-state index < -0.39 is 12.0 Å². The van der Waals surface area contributed by atoms with E-state index in [1.165, 1.54) is 21.3 Å². The van der Waals surface area contributed by atoms with Gasteiger partial charge in [-0.05, 0) is 31.5 Å². The molecule has 26 heavy (non-hydrogen) atoms. The number of methoxy groups -OCH3 is 3. The summed E-state index contributed by atoms with van der Waals surface area (Å²) in [5, 5.41) is 13.3. The zero-order valence-electron chi connectivity index (χ0n) is 14.9. The highest BCUT2D eigenvalue weighted by molar-refractivity contribution is 5.73. The monoisotopic (exact) mass is 363 g/mol. The summed E-state index contributed by atoms with van der Waals surface area (Å²) in [4.78, 5) is 17.5. The molecule has 9 nitrogen and oxygen atoms in total. The maximum Gasteiger partial charge on any atom is 0.320 e. The Kier molecular flexibility index (Phi) is 5.27. The molecule has 140 valence electrons. The molecule has 0 saturated carbocycles. The van der Waals surface area contributed by atoms with Crippen molar-refractivity contribution in [2.45, 2.75) is 25.4 Å². The largest absolute Gasteiger partial charge is 0.493 e. The molecule has 9 heteroatoms. The molecule has 1 aliphatic rings. The zero-order chi connectivity index (χ0) is 18.7. The lowest BCUT2D eigenvalue weighted by Gasteiger charge is -2.18. The molecule has 1 saturated heterocycles. The van der Waals surface area contributed by atoms with Crippen molar-refractivity contribution in [1.29, 1.82) is 0 Å². The number of ether oxygens (including phenoxy) is 3. The summed E-state index contributed by atoms with van der Waals surface area (Å²) in [5.74, 6) is 1.35. The maximum atomic E-state index is 11.3. The molecule has 1 atom stereocenters. The summed E-state index contributed by atoms with van der Waals surface area (Å²) in [6, 6.07) is 2.95. The van der Waals surface area contributed by atoms with Crippen LogP contribution in [0, 0.1) is 0 Å². The molecule has 1 aliphatic heterocycles. The highest BCUT2D eigenvalue weighted by Crippen LogP contribution is 2.40. The Hall–Kier alpha value is -2.81. The summed E-state index contributed by atoms with van der Waals surface area (Å²) in [7, 11) is 4.59. The molecule has 1 N–H and O–H groups in total.